The van der Waals surface area contributed by atoms with Gasteiger partial charge in [-0.2, -0.15) is 0 Å². The van der Waals surface area contributed by atoms with E-state index >= 15 is 0 Å². The average Bonchev–Trinajstić information content (AvgIpc) is 2.31. The van der Waals surface area contributed by atoms with Crippen LogP contribution in [0, 0.1) is 0 Å². The zero-order chi connectivity index (χ0) is 11.4. The van der Waals surface area contributed by atoms with E-state index in [2.05, 4.69) is 4.98 Å². The Balaban J connectivity index is 2.11. The van der Waals surface area contributed by atoms with E-state index in [1.54, 1.807) is 25.3 Å². The maximum Gasteiger partial charge on any atom is 0.145 e. The van der Waals surface area contributed by atoms with E-state index in [0.29, 0.717) is 11.4 Å². The van der Waals surface area contributed by atoms with Crippen LogP contribution in [0.2, 0.25) is 0 Å². The van der Waals surface area contributed by atoms with Crippen LogP contribution in [0.1, 0.15) is 18.7 Å². The highest BCUT2D eigenvalue weighted by molar-refractivity contribution is 5.29. The van der Waals surface area contributed by atoms with Crippen LogP contribution in [0.3, 0.4) is 0 Å². The quantitative estimate of drug-likeness (QED) is 0.855. The number of benzene rings is 1. The molecule has 2 rings (SSSR count). The second-order valence-corrected chi connectivity index (χ2v) is 3.51. The normalized spacial score (nSPS) is 12.1. The molecular weight excluding hydrogens is 202 g/mol. The van der Waals surface area contributed by atoms with Crippen molar-refractivity contribution in [2.75, 3.05) is 0 Å². The summed E-state index contributed by atoms with van der Waals surface area (Å²) < 4.78 is 5.57. The molecule has 1 aromatic carbocycles. The van der Waals surface area contributed by atoms with Crippen LogP contribution in [-0.4, -0.2) is 10.1 Å². The lowest BCUT2D eigenvalue weighted by Gasteiger charge is -2.07. The van der Waals surface area contributed by atoms with Gasteiger partial charge in [-0.1, -0.05) is 18.2 Å². The minimum Gasteiger partial charge on any atom is -0.456 e. The van der Waals surface area contributed by atoms with E-state index in [1.165, 1.54) is 0 Å². The van der Waals surface area contributed by atoms with E-state index in [4.69, 9.17) is 4.74 Å². The second-order valence-electron chi connectivity index (χ2n) is 3.51. The fourth-order valence-electron chi connectivity index (χ4n) is 1.32. The monoisotopic (exact) mass is 215 g/mol. The van der Waals surface area contributed by atoms with Crippen molar-refractivity contribution >= 4 is 0 Å². The highest BCUT2D eigenvalue weighted by Crippen LogP contribution is 2.21. The fraction of sp³-hybridized carbons (Fsp3) is 0.154. The Hall–Kier alpha value is -1.87. The van der Waals surface area contributed by atoms with Crippen LogP contribution in [0.15, 0.2) is 48.7 Å². The highest BCUT2D eigenvalue weighted by Gasteiger charge is 2.02. The molecular formula is C13H13NO2. The summed E-state index contributed by atoms with van der Waals surface area (Å²) >= 11 is 0. The van der Waals surface area contributed by atoms with Crippen LogP contribution in [0.25, 0.3) is 0 Å². The molecule has 0 aliphatic heterocycles. The van der Waals surface area contributed by atoms with Gasteiger partial charge >= 0.3 is 0 Å². The number of pyridine rings is 1. The maximum atomic E-state index is 9.30. The molecule has 0 saturated carbocycles. The van der Waals surface area contributed by atoms with Gasteiger partial charge in [0.25, 0.3) is 0 Å². The van der Waals surface area contributed by atoms with Crippen LogP contribution >= 0.6 is 0 Å². The average molecular weight is 215 g/mol. The summed E-state index contributed by atoms with van der Waals surface area (Å²) in [6.07, 6.45) is 1.06. The molecule has 16 heavy (non-hydrogen) atoms. The summed E-state index contributed by atoms with van der Waals surface area (Å²) in [6.45, 7) is 1.68. The Morgan fingerprint density at radius 3 is 2.38 bits per heavy atom. The predicted molar refractivity (Wildman–Crippen MR) is 61.4 cm³/mol. The summed E-state index contributed by atoms with van der Waals surface area (Å²) in [5.41, 5.74) is 0.639. The molecule has 0 fully saturated rings. The number of aromatic nitrogens is 1. The van der Waals surface area contributed by atoms with E-state index in [-0.39, 0.29) is 0 Å². The van der Waals surface area contributed by atoms with Crippen molar-refractivity contribution in [1.82, 2.24) is 4.98 Å². The Bertz CT molecular complexity index is 437. The van der Waals surface area contributed by atoms with Gasteiger partial charge in [-0.25, -0.2) is 0 Å². The minimum absolute atomic E-state index is 0.550. The lowest BCUT2D eigenvalue weighted by Crippen LogP contribution is -1.94. The first kappa shape index (κ1) is 10.6. The standard InChI is InChI=1S/C13H13NO2/c1-10(15)13-8-7-12(9-14-13)16-11-5-3-2-4-6-11/h2-10,15H,1H3. The smallest absolute Gasteiger partial charge is 0.145 e. The molecule has 1 heterocycles. The summed E-state index contributed by atoms with van der Waals surface area (Å²) in [5, 5.41) is 9.30. The van der Waals surface area contributed by atoms with Crippen molar-refractivity contribution in [3.05, 3.63) is 54.4 Å². The Morgan fingerprint density at radius 2 is 1.81 bits per heavy atom. The van der Waals surface area contributed by atoms with E-state index in [1.807, 2.05) is 30.3 Å². The number of rotatable bonds is 3. The molecule has 0 amide bonds. The molecule has 1 unspecified atom stereocenters. The number of nitrogens with zero attached hydrogens (tertiary/aromatic N) is 1. The summed E-state index contributed by atoms with van der Waals surface area (Å²) in [6, 6.07) is 13.1. The molecule has 3 nitrogen and oxygen atoms in total. The van der Waals surface area contributed by atoms with E-state index < -0.39 is 6.10 Å². The molecule has 2 aromatic rings. The van der Waals surface area contributed by atoms with Crippen molar-refractivity contribution in [2.45, 2.75) is 13.0 Å². The summed E-state index contributed by atoms with van der Waals surface area (Å²) in [7, 11) is 0. The molecule has 0 radical (unpaired) electrons. The first-order valence-electron chi connectivity index (χ1n) is 5.12. The molecule has 1 aromatic heterocycles. The minimum atomic E-state index is -0.550. The molecule has 0 bridgehead atoms. The molecule has 0 aliphatic carbocycles. The lowest BCUT2D eigenvalue weighted by atomic mass is 10.2. The van der Waals surface area contributed by atoms with Gasteiger partial charge in [-0.05, 0) is 31.2 Å². The largest absolute Gasteiger partial charge is 0.456 e. The number of ether oxygens (including phenoxy) is 1. The molecule has 1 atom stereocenters. The fourth-order valence-corrected chi connectivity index (χ4v) is 1.32. The van der Waals surface area contributed by atoms with Crippen molar-refractivity contribution in [3.63, 3.8) is 0 Å². The van der Waals surface area contributed by atoms with Crippen molar-refractivity contribution in [1.29, 1.82) is 0 Å². The van der Waals surface area contributed by atoms with Crippen molar-refractivity contribution in [3.8, 4) is 11.5 Å². The Kier molecular flexibility index (Phi) is 3.17. The predicted octanol–water partition coefficient (Wildman–Crippen LogP) is 2.93. The number of aliphatic hydroxyl groups is 1. The molecule has 3 heteroatoms. The van der Waals surface area contributed by atoms with Crippen LogP contribution in [0.4, 0.5) is 0 Å². The zero-order valence-electron chi connectivity index (χ0n) is 9.00. The van der Waals surface area contributed by atoms with Gasteiger partial charge in [0.15, 0.2) is 0 Å². The summed E-state index contributed by atoms with van der Waals surface area (Å²) in [4.78, 5) is 4.10. The first-order chi connectivity index (χ1) is 7.75. The molecule has 0 aliphatic rings. The van der Waals surface area contributed by atoms with Gasteiger partial charge in [0, 0.05) is 0 Å². The van der Waals surface area contributed by atoms with Gasteiger partial charge in [0.05, 0.1) is 18.0 Å². The van der Waals surface area contributed by atoms with Crippen molar-refractivity contribution in [2.24, 2.45) is 0 Å². The molecule has 0 saturated heterocycles. The van der Waals surface area contributed by atoms with E-state index in [0.717, 1.165) is 5.75 Å². The van der Waals surface area contributed by atoms with Crippen LogP contribution < -0.4 is 4.74 Å². The lowest BCUT2D eigenvalue weighted by molar-refractivity contribution is 0.194. The van der Waals surface area contributed by atoms with Gasteiger partial charge in [-0.15, -0.1) is 0 Å². The third-order valence-corrected chi connectivity index (χ3v) is 2.17. The number of para-hydroxylation sites is 1. The van der Waals surface area contributed by atoms with Gasteiger partial charge in [0.1, 0.15) is 11.5 Å². The number of hydrogen-bond donors (Lipinski definition) is 1. The molecule has 0 spiro atoms. The highest BCUT2D eigenvalue weighted by atomic mass is 16.5. The van der Waals surface area contributed by atoms with Crippen LogP contribution in [-0.2, 0) is 0 Å². The molecule has 82 valence electrons. The SMILES string of the molecule is CC(O)c1ccc(Oc2ccccc2)cn1. The molecule has 1 N–H and O–H groups in total. The van der Waals surface area contributed by atoms with Gasteiger partial charge < -0.3 is 9.84 Å². The Morgan fingerprint density at radius 1 is 1.06 bits per heavy atom. The Labute approximate surface area is 94.3 Å². The van der Waals surface area contributed by atoms with Gasteiger partial charge in [-0.3, -0.25) is 4.98 Å². The first-order valence-corrected chi connectivity index (χ1v) is 5.12. The zero-order valence-corrected chi connectivity index (χ0v) is 9.00. The third-order valence-electron chi connectivity index (χ3n) is 2.17. The number of hydrogen-bond acceptors (Lipinski definition) is 3. The van der Waals surface area contributed by atoms with E-state index in [9.17, 15) is 5.11 Å². The van der Waals surface area contributed by atoms with Gasteiger partial charge in [0.2, 0.25) is 0 Å². The topological polar surface area (TPSA) is 42.4 Å². The number of aliphatic hydroxyl groups excluding tert-OH is 1. The summed E-state index contributed by atoms with van der Waals surface area (Å²) in [5.74, 6) is 1.43. The second kappa shape index (κ2) is 4.77. The maximum absolute atomic E-state index is 9.30. The van der Waals surface area contributed by atoms with Crippen molar-refractivity contribution < 1.29 is 9.84 Å². The third kappa shape index (κ3) is 2.58. The van der Waals surface area contributed by atoms with Crippen LogP contribution in [0.5, 0.6) is 11.5 Å².